The largest absolute Gasteiger partial charge is 0.356 e. The number of hydrogen-bond acceptors (Lipinski definition) is 4. The summed E-state index contributed by atoms with van der Waals surface area (Å²) in [6.07, 6.45) is 9.76. The SMILES string of the molecule is O=C(CCCNC1=NCCCN1)NCC1=CCc2ccccc2[C]C1. The van der Waals surface area contributed by atoms with Gasteiger partial charge in [0.15, 0.2) is 5.96 Å². The van der Waals surface area contributed by atoms with Crippen LogP contribution < -0.4 is 16.0 Å². The quantitative estimate of drug-likeness (QED) is 0.548. The first-order chi connectivity index (χ1) is 12.3. The summed E-state index contributed by atoms with van der Waals surface area (Å²) in [5, 5.41) is 9.48. The Morgan fingerprint density at radius 1 is 1.32 bits per heavy atom. The van der Waals surface area contributed by atoms with Crippen molar-refractivity contribution in [3.05, 3.63) is 53.5 Å². The van der Waals surface area contributed by atoms with E-state index < -0.39 is 0 Å². The number of amides is 1. The van der Waals surface area contributed by atoms with Crippen molar-refractivity contribution >= 4 is 11.9 Å². The maximum atomic E-state index is 12.0. The van der Waals surface area contributed by atoms with Crippen LogP contribution in [0.15, 0.2) is 40.9 Å². The number of aliphatic imine (C=N–C) groups is 1. The Morgan fingerprint density at radius 3 is 3.12 bits per heavy atom. The van der Waals surface area contributed by atoms with E-state index in [-0.39, 0.29) is 5.91 Å². The van der Waals surface area contributed by atoms with E-state index in [9.17, 15) is 4.79 Å². The highest BCUT2D eigenvalue weighted by Gasteiger charge is 2.10. The Labute approximate surface area is 150 Å². The van der Waals surface area contributed by atoms with Crippen LogP contribution >= 0.6 is 0 Å². The molecule has 132 valence electrons. The van der Waals surface area contributed by atoms with Crippen LogP contribution in [0.1, 0.15) is 36.8 Å². The van der Waals surface area contributed by atoms with Gasteiger partial charge in [-0.3, -0.25) is 9.79 Å². The second-order valence-corrected chi connectivity index (χ2v) is 6.39. The number of rotatable bonds is 6. The van der Waals surface area contributed by atoms with E-state index in [0.29, 0.717) is 13.0 Å². The predicted octanol–water partition coefficient (Wildman–Crippen LogP) is 1.82. The summed E-state index contributed by atoms with van der Waals surface area (Å²) in [5.74, 6) is 0.962. The van der Waals surface area contributed by atoms with Gasteiger partial charge in [-0.15, -0.1) is 0 Å². The van der Waals surface area contributed by atoms with Crippen LogP contribution in [0.3, 0.4) is 0 Å². The second kappa shape index (κ2) is 9.25. The molecule has 0 fully saturated rings. The molecule has 0 saturated carbocycles. The van der Waals surface area contributed by atoms with E-state index >= 15 is 0 Å². The zero-order valence-electron chi connectivity index (χ0n) is 14.6. The lowest BCUT2D eigenvalue weighted by atomic mass is 10.0. The molecule has 1 heterocycles. The van der Waals surface area contributed by atoms with Crippen LogP contribution in [0.5, 0.6) is 0 Å². The number of carbonyl (C=O) groups excluding carboxylic acids is 1. The van der Waals surface area contributed by atoms with E-state index in [1.54, 1.807) is 0 Å². The van der Waals surface area contributed by atoms with E-state index in [0.717, 1.165) is 51.3 Å². The first kappa shape index (κ1) is 17.5. The lowest BCUT2D eigenvalue weighted by molar-refractivity contribution is -0.121. The minimum absolute atomic E-state index is 0.100. The van der Waals surface area contributed by atoms with E-state index in [2.05, 4.69) is 51.6 Å². The van der Waals surface area contributed by atoms with Gasteiger partial charge < -0.3 is 16.0 Å². The maximum Gasteiger partial charge on any atom is 0.220 e. The smallest absolute Gasteiger partial charge is 0.220 e. The number of carbonyl (C=O) groups is 1. The van der Waals surface area contributed by atoms with E-state index in [1.165, 1.54) is 16.7 Å². The highest BCUT2D eigenvalue weighted by molar-refractivity contribution is 5.80. The molecule has 3 N–H and O–H groups in total. The van der Waals surface area contributed by atoms with Crippen molar-refractivity contribution in [3.8, 4) is 0 Å². The molecule has 25 heavy (non-hydrogen) atoms. The summed E-state index contributed by atoms with van der Waals surface area (Å²) in [5.41, 5.74) is 3.71. The van der Waals surface area contributed by atoms with Gasteiger partial charge in [-0.1, -0.05) is 35.9 Å². The van der Waals surface area contributed by atoms with Gasteiger partial charge >= 0.3 is 0 Å². The zero-order valence-corrected chi connectivity index (χ0v) is 14.6. The van der Waals surface area contributed by atoms with Crippen LogP contribution in [0.25, 0.3) is 0 Å². The van der Waals surface area contributed by atoms with Crippen molar-refractivity contribution in [2.24, 2.45) is 4.99 Å². The van der Waals surface area contributed by atoms with Gasteiger partial charge in [0.25, 0.3) is 0 Å². The average Bonchev–Trinajstić information content (AvgIpc) is 2.87. The lowest BCUT2D eigenvalue weighted by Gasteiger charge is -2.15. The molecular weight excluding hydrogens is 312 g/mol. The minimum Gasteiger partial charge on any atom is -0.356 e. The molecule has 0 bridgehead atoms. The van der Waals surface area contributed by atoms with Gasteiger partial charge in [-0.05, 0) is 36.8 Å². The Kier molecular flexibility index (Phi) is 6.48. The molecule has 2 radical (unpaired) electrons. The monoisotopic (exact) mass is 338 g/mol. The average molecular weight is 338 g/mol. The first-order valence-electron chi connectivity index (χ1n) is 9.10. The molecule has 5 heteroatoms. The summed E-state index contributed by atoms with van der Waals surface area (Å²) in [4.78, 5) is 16.4. The number of benzene rings is 1. The molecule has 1 aromatic carbocycles. The molecular formula is C20H26N4O. The molecule has 5 nitrogen and oxygen atoms in total. The van der Waals surface area contributed by atoms with Crippen molar-refractivity contribution < 1.29 is 4.79 Å². The summed E-state index contributed by atoms with van der Waals surface area (Å²) in [6.45, 7) is 3.22. The summed E-state index contributed by atoms with van der Waals surface area (Å²) in [7, 11) is 0. The first-order valence-corrected chi connectivity index (χ1v) is 9.10. The molecule has 0 aromatic heterocycles. The summed E-state index contributed by atoms with van der Waals surface area (Å²) < 4.78 is 0. The fourth-order valence-corrected chi connectivity index (χ4v) is 2.95. The predicted molar refractivity (Wildman–Crippen MR) is 100 cm³/mol. The van der Waals surface area contributed by atoms with Crippen molar-refractivity contribution in [2.45, 2.75) is 32.1 Å². The maximum absolute atomic E-state index is 12.0. The van der Waals surface area contributed by atoms with Gasteiger partial charge in [0.1, 0.15) is 0 Å². The Morgan fingerprint density at radius 2 is 2.24 bits per heavy atom. The van der Waals surface area contributed by atoms with Gasteiger partial charge in [-0.2, -0.15) is 0 Å². The van der Waals surface area contributed by atoms with Crippen molar-refractivity contribution in [1.29, 1.82) is 0 Å². The molecule has 0 saturated heterocycles. The van der Waals surface area contributed by atoms with Gasteiger partial charge in [0.05, 0.1) is 0 Å². The third-order valence-corrected chi connectivity index (χ3v) is 4.42. The van der Waals surface area contributed by atoms with Crippen molar-refractivity contribution in [2.75, 3.05) is 26.2 Å². The number of hydrogen-bond donors (Lipinski definition) is 3. The van der Waals surface area contributed by atoms with Crippen LogP contribution in [-0.4, -0.2) is 38.0 Å². The minimum atomic E-state index is 0.100. The second-order valence-electron chi connectivity index (χ2n) is 6.39. The molecule has 3 rings (SSSR count). The molecule has 1 aromatic rings. The zero-order chi connectivity index (χ0) is 17.3. The third-order valence-electron chi connectivity index (χ3n) is 4.42. The molecule has 1 aliphatic heterocycles. The number of nitrogens with zero attached hydrogens (tertiary/aromatic N) is 1. The topological polar surface area (TPSA) is 65.5 Å². The summed E-state index contributed by atoms with van der Waals surface area (Å²) in [6, 6.07) is 8.34. The molecule has 1 amide bonds. The number of fused-ring (bicyclic) bond motifs is 1. The Balaban J connectivity index is 1.32. The van der Waals surface area contributed by atoms with E-state index in [4.69, 9.17) is 0 Å². The number of nitrogens with one attached hydrogen (secondary N) is 3. The normalized spacial score (nSPS) is 16.6. The fourth-order valence-electron chi connectivity index (χ4n) is 2.95. The molecule has 0 unspecified atom stereocenters. The molecule has 2 aliphatic rings. The van der Waals surface area contributed by atoms with Crippen LogP contribution in [0.4, 0.5) is 0 Å². The van der Waals surface area contributed by atoms with Gasteiger partial charge in [-0.25, -0.2) is 0 Å². The summed E-state index contributed by atoms with van der Waals surface area (Å²) >= 11 is 0. The molecule has 1 aliphatic carbocycles. The standard InChI is InChI=1S/C20H26N4O/c25-19(7-3-12-21-20-22-13-4-14-23-20)24-15-16-8-10-17-5-1-2-6-18(17)11-9-16/h1-2,5-6,8H,3-4,7,9-10,12-15H2,(H,24,25)(H2,21,22,23). The highest BCUT2D eigenvalue weighted by Crippen LogP contribution is 2.21. The van der Waals surface area contributed by atoms with Gasteiger partial charge in [0, 0.05) is 39.0 Å². The Bertz CT molecular complexity index is 651. The van der Waals surface area contributed by atoms with Crippen LogP contribution in [0.2, 0.25) is 0 Å². The number of allylic oxidation sites excluding steroid dienone is 1. The fraction of sp³-hybridized carbons (Fsp3) is 0.450. The highest BCUT2D eigenvalue weighted by atomic mass is 16.1. The Hall–Kier alpha value is -2.30. The van der Waals surface area contributed by atoms with E-state index in [1.807, 2.05) is 6.07 Å². The van der Waals surface area contributed by atoms with Gasteiger partial charge in [0.2, 0.25) is 5.91 Å². The molecule has 0 atom stereocenters. The lowest BCUT2D eigenvalue weighted by Crippen LogP contribution is -2.41. The van der Waals surface area contributed by atoms with Crippen LogP contribution in [-0.2, 0) is 11.2 Å². The van der Waals surface area contributed by atoms with Crippen LogP contribution in [0, 0.1) is 6.42 Å². The number of guanidine groups is 1. The molecule has 0 spiro atoms. The van der Waals surface area contributed by atoms with Crippen molar-refractivity contribution in [3.63, 3.8) is 0 Å². The third kappa shape index (κ3) is 5.62. The van der Waals surface area contributed by atoms with Crippen molar-refractivity contribution in [1.82, 2.24) is 16.0 Å².